The molecule has 0 saturated heterocycles. The van der Waals surface area contributed by atoms with Crippen molar-refractivity contribution < 1.29 is 23.8 Å². The van der Waals surface area contributed by atoms with Crippen LogP contribution in [0.15, 0.2) is 35.2 Å². The first-order valence-electron chi connectivity index (χ1n) is 8.38. The van der Waals surface area contributed by atoms with Crippen molar-refractivity contribution in [1.29, 1.82) is 0 Å². The zero-order valence-corrected chi connectivity index (χ0v) is 16.9. The summed E-state index contributed by atoms with van der Waals surface area (Å²) in [5.41, 5.74) is 2.60. The SMILES string of the molecule is CCOC(=O)c1c(-c2ccc(OC)c(OC)c2)csc1NC(=O)C=C(C)C. The first-order valence-corrected chi connectivity index (χ1v) is 9.26. The summed E-state index contributed by atoms with van der Waals surface area (Å²) in [5, 5.41) is 5.03. The molecule has 0 saturated carbocycles. The highest BCUT2D eigenvalue weighted by atomic mass is 32.1. The summed E-state index contributed by atoms with van der Waals surface area (Å²) in [7, 11) is 3.11. The van der Waals surface area contributed by atoms with Crippen molar-refractivity contribution in [2.75, 3.05) is 26.1 Å². The lowest BCUT2D eigenvalue weighted by atomic mass is 10.0. The van der Waals surface area contributed by atoms with E-state index in [1.165, 1.54) is 17.4 Å². The van der Waals surface area contributed by atoms with Gasteiger partial charge < -0.3 is 19.5 Å². The molecule has 1 aromatic heterocycles. The van der Waals surface area contributed by atoms with Gasteiger partial charge in [0.25, 0.3) is 0 Å². The summed E-state index contributed by atoms with van der Waals surface area (Å²) in [6.45, 7) is 5.63. The summed E-state index contributed by atoms with van der Waals surface area (Å²) in [6, 6.07) is 5.38. The summed E-state index contributed by atoms with van der Waals surface area (Å²) < 4.78 is 15.8. The quantitative estimate of drug-likeness (QED) is 0.557. The Morgan fingerprint density at radius 2 is 1.85 bits per heavy atom. The third kappa shape index (κ3) is 4.89. The van der Waals surface area contributed by atoms with Gasteiger partial charge in [-0.1, -0.05) is 11.6 Å². The fourth-order valence-corrected chi connectivity index (χ4v) is 3.44. The smallest absolute Gasteiger partial charge is 0.341 e. The van der Waals surface area contributed by atoms with Gasteiger partial charge in [0.05, 0.1) is 20.8 Å². The van der Waals surface area contributed by atoms with E-state index in [9.17, 15) is 9.59 Å². The zero-order valence-electron chi connectivity index (χ0n) is 16.0. The minimum absolute atomic E-state index is 0.238. The standard InChI is InChI=1S/C20H23NO5S/c1-6-26-20(23)18-14(11-27-19(18)21-17(22)9-12(2)3)13-7-8-15(24-4)16(10-13)25-5/h7-11H,6H2,1-5H3,(H,21,22). The molecular formula is C20H23NO5S. The number of hydrogen-bond acceptors (Lipinski definition) is 6. The third-order valence-electron chi connectivity index (χ3n) is 3.62. The molecule has 144 valence electrons. The lowest BCUT2D eigenvalue weighted by Crippen LogP contribution is -2.12. The number of carbonyl (C=O) groups excluding carboxylic acids is 2. The molecule has 7 heteroatoms. The second-order valence-electron chi connectivity index (χ2n) is 5.85. The number of allylic oxidation sites excluding steroid dienone is 1. The van der Waals surface area contributed by atoms with Gasteiger partial charge in [0.2, 0.25) is 5.91 Å². The van der Waals surface area contributed by atoms with Gasteiger partial charge in [-0.2, -0.15) is 0 Å². The zero-order chi connectivity index (χ0) is 20.0. The predicted octanol–water partition coefficient (Wildman–Crippen LogP) is 4.51. The average molecular weight is 389 g/mol. The van der Waals surface area contributed by atoms with E-state index >= 15 is 0 Å². The van der Waals surface area contributed by atoms with Crippen molar-refractivity contribution in [2.24, 2.45) is 0 Å². The van der Waals surface area contributed by atoms with E-state index in [-0.39, 0.29) is 12.5 Å². The summed E-state index contributed by atoms with van der Waals surface area (Å²) >= 11 is 1.27. The molecule has 0 radical (unpaired) electrons. The molecule has 0 aliphatic heterocycles. The number of anilines is 1. The molecule has 0 unspecified atom stereocenters. The Kier molecular flexibility index (Phi) is 7.01. The van der Waals surface area contributed by atoms with Crippen LogP contribution in [0.1, 0.15) is 31.1 Å². The number of benzene rings is 1. The minimum Gasteiger partial charge on any atom is -0.493 e. The maximum atomic E-state index is 12.6. The Hall–Kier alpha value is -2.80. The molecule has 27 heavy (non-hydrogen) atoms. The Morgan fingerprint density at radius 3 is 2.44 bits per heavy atom. The number of nitrogens with one attached hydrogen (secondary N) is 1. The topological polar surface area (TPSA) is 73.9 Å². The van der Waals surface area contributed by atoms with Crippen molar-refractivity contribution in [3.8, 4) is 22.6 Å². The Bertz CT molecular complexity index is 865. The van der Waals surface area contributed by atoms with Crippen LogP contribution >= 0.6 is 11.3 Å². The van der Waals surface area contributed by atoms with Gasteiger partial charge in [0.1, 0.15) is 10.6 Å². The second kappa shape index (κ2) is 9.23. The average Bonchev–Trinajstić information content (AvgIpc) is 3.04. The lowest BCUT2D eigenvalue weighted by Gasteiger charge is -2.11. The van der Waals surface area contributed by atoms with Crippen LogP contribution in [0.2, 0.25) is 0 Å². The molecule has 2 aromatic rings. The van der Waals surface area contributed by atoms with Gasteiger partial charge in [0.15, 0.2) is 11.5 Å². The predicted molar refractivity (Wildman–Crippen MR) is 107 cm³/mol. The molecule has 0 atom stereocenters. The molecule has 1 amide bonds. The van der Waals surface area contributed by atoms with E-state index in [0.717, 1.165) is 11.1 Å². The molecule has 1 N–H and O–H groups in total. The van der Waals surface area contributed by atoms with Crippen LogP contribution in [0, 0.1) is 0 Å². The van der Waals surface area contributed by atoms with Crippen LogP contribution in [0.3, 0.4) is 0 Å². The third-order valence-corrected chi connectivity index (χ3v) is 4.52. The summed E-state index contributed by atoms with van der Waals surface area (Å²) in [5.74, 6) is 0.356. The molecule has 2 rings (SSSR count). The number of thiophene rings is 1. The van der Waals surface area contributed by atoms with Crippen LogP contribution < -0.4 is 14.8 Å². The maximum Gasteiger partial charge on any atom is 0.341 e. The molecule has 0 bridgehead atoms. The van der Waals surface area contributed by atoms with E-state index < -0.39 is 5.97 Å². The Labute approximate surface area is 162 Å². The number of carbonyl (C=O) groups is 2. The molecule has 6 nitrogen and oxygen atoms in total. The number of amides is 1. The summed E-state index contributed by atoms with van der Waals surface area (Å²) in [4.78, 5) is 24.7. The molecule has 0 spiro atoms. The molecule has 1 aromatic carbocycles. The number of esters is 1. The van der Waals surface area contributed by atoms with Crippen LogP contribution in [0.25, 0.3) is 11.1 Å². The van der Waals surface area contributed by atoms with Crippen LogP contribution in [-0.4, -0.2) is 32.7 Å². The number of ether oxygens (including phenoxy) is 3. The van der Waals surface area contributed by atoms with Gasteiger partial charge in [-0.05, 0) is 38.5 Å². The second-order valence-corrected chi connectivity index (χ2v) is 6.73. The highest BCUT2D eigenvalue weighted by Crippen LogP contribution is 2.39. The first-order chi connectivity index (χ1) is 12.9. The van der Waals surface area contributed by atoms with Crippen LogP contribution in [-0.2, 0) is 9.53 Å². The van der Waals surface area contributed by atoms with Crippen molar-refractivity contribution in [1.82, 2.24) is 0 Å². The van der Waals surface area contributed by atoms with Gasteiger partial charge in [-0.15, -0.1) is 11.3 Å². The monoisotopic (exact) mass is 389 g/mol. The Balaban J connectivity index is 2.52. The first kappa shape index (κ1) is 20.5. The van der Waals surface area contributed by atoms with Gasteiger partial charge in [-0.3, -0.25) is 4.79 Å². The van der Waals surface area contributed by atoms with Gasteiger partial charge >= 0.3 is 5.97 Å². The summed E-state index contributed by atoms with van der Waals surface area (Å²) in [6.07, 6.45) is 1.48. The molecular weight excluding hydrogens is 366 g/mol. The maximum absolute atomic E-state index is 12.6. The lowest BCUT2D eigenvalue weighted by molar-refractivity contribution is -0.111. The number of methoxy groups -OCH3 is 2. The molecule has 0 aliphatic rings. The van der Waals surface area contributed by atoms with Crippen LogP contribution in [0.5, 0.6) is 11.5 Å². The van der Waals surface area contributed by atoms with E-state index in [4.69, 9.17) is 14.2 Å². The highest BCUT2D eigenvalue weighted by Gasteiger charge is 2.23. The Morgan fingerprint density at radius 1 is 1.15 bits per heavy atom. The highest BCUT2D eigenvalue weighted by molar-refractivity contribution is 7.15. The van der Waals surface area contributed by atoms with Crippen molar-refractivity contribution >= 4 is 28.2 Å². The van der Waals surface area contributed by atoms with Crippen molar-refractivity contribution in [3.05, 3.63) is 40.8 Å². The van der Waals surface area contributed by atoms with E-state index in [0.29, 0.717) is 27.6 Å². The van der Waals surface area contributed by atoms with Gasteiger partial charge in [0, 0.05) is 17.0 Å². The van der Waals surface area contributed by atoms with Crippen molar-refractivity contribution in [3.63, 3.8) is 0 Å². The van der Waals surface area contributed by atoms with E-state index in [1.807, 2.05) is 25.3 Å². The van der Waals surface area contributed by atoms with E-state index in [2.05, 4.69) is 5.32 Å². The number of hydrogen-bond donors (Lipinski definition) is 1. The molecule has 0 aliphatic carbocycles. The molecule has 0 fully saturated rings. The fourth-order valence-electron chi connectivity index (χ4n) is 2.48. The van der Waals surface area contributed by atoms with Crippen LogP contribution in [0.4, 0.5) is 5.00 Å². The van der Waals surface area contributed by atoms with E-state index in [1.54, 1.807) is 33.3 Å². The minimum atomic E-state index is -0.490. The number of rotatable bonds is 7. The molecule has 1 heterocycles. The fraction of sp³-hybridized carbons (Fsp3) is 0.300. The normalized spacial score (nSPS) is 10.1. The van der Waals surface area contributed by atoms with Crippen molar-refractivity contribution in [2.45, 2.75) is 20.8 Å². The van der Waals surface area contributed by atoms with Gasteiger partial charge in [-0.25, -0.2) is 4.79 Å². The largest absolute Gasteiger partial charge is 0.493 e.